The molecule has 0 amide bonds. The Morgan fingerprint density at radius 3 is 2.61 bits per heavy atom. The third kappa shape index (κ3) is 2.74. The molecule has 2 aromatic heterocycles. The Balaban J connectivity index is 2.27. The summed E-state index contributed by atoms with van der Waals surface area (Å²) < 4.78 is 0. The zero-order valence-corrected chi connectivity index (χ0v) is 10.9. The number of nitrogens with one attached hydrogen (secondary N) is 1. The van der Waals surface area contributed by atoms with Gasteiger partial charge in [-0.2, -0.15) is 0 Å². The molecule has 0 saturated heterocycles. The lowest BCUT2D eigenvalue weighted by Crippen LogP contribution is -2.10. The van der Waals surface area contributed by atoms with Gasteiger partial charge in [-0.3, -0.25) is 0 Å². The van der Waals surface area contributed by atoms with Crippen molar-refractivity contribution in [3.63, 3.8) is 0 Å². The Morgan fingerprint density at radius 1 is 1.17 bits per heavy atom. The molecule has 0 aliphatic rings. The molecular formula is C13H17N5. The average molecular weight is 243 g/mol. The standard InChI is InChI=1S/C13H17N5/c1-4-14-13-15-8-7-11(17-13)10-5-6-12(16-9-10)18(2)3/h5-9H,4H2,1-3H3,(H,14,15,17). The summed E-state index contributed by atoms with van der Waals surface area (Å²) in [4.78, 5) is 14.9. The van der Waals surface area contributed by atoms with Crippen molar-refractivity contribution in [2.75, 3.05) is 30.9 Å². The molecule has 94 valence electrons. The van der Waals surface area contributed by atoms with E-state index in [1.165, 1.54) is 0 Å². The van der Waals surface area contributed by atoms with Gasteiger partial charge in [0.2, 0.25) is 5.95 Å². The quantitative estimate of drug-likeness (QED) is 0.890. The van der Waals surface area contributed by atoms with E-state index in [-0.39, 0.29) is 0 Å². The molecule has 18 heavy (non-hydrogen) atoms. The summed E-state index contributed by atoms with van der Waals surface area (Å²) in [5, 5.41) is 3.10. The molecule has 0 aliphatic carbocycles. The second kappa shape index (κ2) is 5.44. The summed E-state index contributed by atoms with van der Waals surface area (Å²) >= 11 is 0. The molecule has 0 aromatic carbocycles. The number of nitrogens with zero attached hydrogens (tertiary/aromatic N) is 4. The van der Waals surface area contributed by atoms with Crippen LogP contribution in [0.1, 0.15) is 6.92 Å². The fourth-order valence-electron chi connectivity index (χ4n) is 1.56. The number of hydrogen-bond acceptors (Lipinski definition) is 5. The third-order valence-electron chi connectivity index (χ3n) is 2.49. The largest absolute Gasteiger partial charge is 0.363 e. The van der Waals surface area contributed by atoms with E-state index in [1.54, 1.807) is 6.20 Å². The summed E-state index contributed by atoms with van der Waals surface area (Å²) in [6, 6.07) is 5.87. The fourth-order valence-corrected chi connectivity index (χ4v) is 1.56. The Morgan fingerprint density at radius 2 is 2.00 bits per heavy atom. The molecule has 5 heteroatoms. The first-order chi connectivity index (χ1) is 8.70. The molecule has 2 rings (SSSR count). The van der Waals surface area contributed by atoms with Crippen LogP contribution in [0.5, 0.6) is 0 Å². The minimum absolute atomic E-state index is 0.645. The second-order valence-corrected chi connectivity index (χ2v) is 4.10. The van der Waals surface area contributed by atoms with Crippen LogP contribution in [0.25, 0.3) is 11.3 Å². The van der Waals surface area contributed by atoms with Crippen molar-refractivity contribution in [3.05, 3.63) is 30.6 Å². The highest BCUT2D eigenvalue weighted by Crippen LogP contribution is 2.18. The lowest BCUT2D eigenvalue weighted by molar-refractivity contribution is 1.06. The van der Waals surface area contributed by atoms with Crippen LogP contribution in [0.2, 0.25) is 0 Å². The Labute approximate surface area is 107 Å². The highest BCUT2D eigenvalue weighted by atomic mass is 15.1. The van der Waals surface area contributed by atoms with Crippen LogP contribution in [-0.4, -0.2) is 35.6 Å². The van der Waals surface area contributed by atoms with Crippen molar-refractivity contribution in [1.29, 1.82) is 0 Å². The summed E-state index contributed by atoms with van der Waals surface area (Å²) in [5.41, 5.74) is 1.86. The Kier molecular flexibility index (Phi) is 3.72. The van der Waals surface area contributed by atoms with E-state index in [0.717, 1.165) is 23.6 Å². The lowest BCUT2D eigenvalue weighted by Gasteiger charge is -2.11. The van der Waals surface area contributed by atoms with Crippen LogP contribution < -0.4 is 10.2 Å². The fraction of sp³-hybridized carbons (Fsp3) is 0.308. The van der Waals surface area contributed by atoms with E-state index in [1.807, 2.05) is 50.3 Å². The first-order valence-corrected chi connectivity index (χ1v) is 5.91. The van der Waals surface area contributed by atoms with Gasteiger partial charge in [-0.15, -0.1) is 0 Å². The minimum Gasteiger partial charge on any atom is -0.363 e. The van der Waals surface area contributed by atoms with Gasteiger partial charge in [0.25, 0.3) is 0 Å². The van der Waals surface area contributed by atoms with Crippen LogP contribution in [0.3, 0.4) is 0 Å². The van der Waals surface area contributed by atoms with E-state index in [0.29, 0.717) is 5.95 Å². The van der Waals surface area contributed by atoms with E-state index >= 15 is 0 Å². The van der Waals surface area contributed by atoms with Gasteiger partial charge < -0.3 is 10.2 Å². The number of aromatic nitrogens is 3. The summed E-state index contributed by atoms with van der Waals surface area (Å²) in [7, 11) is 3.94. The van der Waals surface area contributed by atoms with Crippen molar-refractivity contribution >= 4 is 11.8 Å². The maximum absolute atomic E-state index is 4.43. The molecule has 0 radical (unpaired) electrons. The van der Waals surface area contributed by atoms with Crippen LogP contribution in [0.4, 0.5) is 11.8 Å². The maximum Gasteiger partial charge on any atom is 0.223 e. The molecule has 0 fully saturated rings. The van der Waals surface area contributed by atoms with E-state index in [2.05, 4.69) is 20.3 Å². The van der Waals surface area contributed by atoms with Crippen LogP contribution in [0, 0.1) is 0 Å². The molecule has 0 aliphatic heterocycles. The summed E-state index contributed by atoms with van der Waals surface area (Å²) in [6.07, 6.45) is 3.58. The first-order valence-electron chi connectivity index (χ1n) is 5.91. The van der Waals surface area contributed by atoms with Crippen LogP contribution >= 0.6 is 0 Å². The molecule has 1 N–H and O–H groups in total. The van der Waals surface area contributed by atoms with E-state index < -0.39 is 0 Å². The zero-order chi connectivity index (χ0) is 13.0. The van der Waals surface area contributed by atoms with Gasteiger partial charge >= 0.3 is 0 Å². The van der Waals surface area contributed by atoms with Gasteiger partial charge in [-0.25, -0.2) is 15.0 Å². The van der Waals surface area contributed by atoms with Crippen molar-refractivity contribution in [1.82, 2.24) is 15.0 Å². The molecule has 0 unspecified atom stereocenters. The predicted octanol–water partition coefficient (Wildman–Crippen LogP) is 2.04. The number of hydrogen-bond donors (Lipinski definition) is 1. The topological polar surface area (TPSA) is 53.9 Å². The van der Waals surface area contributed by atoms with Gasteiger partial charge in [0.05, 0.1) is 5.69 Å². The van der Waals surface area contributed by atoms with Gasteiger partial charge in [0.1, 0.15) is 5.82 Å². The number of anilines is 2. The second-order valence-electron chi connectivity index (χ2n) is 4.10. The van der Waals surface area contributed by atoms with Gasteiger partial charge in [0, 0.05) is 38.6 Å². The molecule has 2 aromatic rings. The van der Waals surface area contributed by atoms with Crippen molar-refractivity contribution in [2.45, 2.75) is 6.92 Å². The molecular weight excluding hydrogens is 226 g/mol. The minimum atomic E-state index is 0.645. The Bertz CT molecular complexity index is 507. The smallest absolute Gasteiger partial charge is 0.223 e. The Hall–Kier alpha value is -2.17. The van der Waals surface area contributed by atoms with Crippen molar-refractivity contribution in [3.8, 4) is 11.3 Å². The normalized spacial score (nSPS) is 10.2. The molecule has 5 nitrogen and oxygen atoms in total. The summed E-state index contributed by atoms with van der Waals surface area (Å²) in [6.45, 7) is 2.82. The van der Waals surface area contributed by atoms with Gasteiger partial charge in [-0.05, 0) is 25.1 Å². The number of pyridine rings is 1. The summed E-state index contributed by atoms with van der Waals surface area (Å²) in [5.74, 6) is 1.58. The lowest BCUT2D eigenvalue weighted by atomic mass is 10.2. The maximum atomic E-state index is 4.43. The van der Waals surface area contributed by atoms with Crippen molar-refractivity contribution in [2.24, 2.45) is 0 Å². The van der Waals surface area contributed by atoms with E-state index in [4.69, 9.17) is 0 Å². The highest BCUT2D eigenvalue weighted by molar-refractivity contribution is 5.60. The highest BCUT2D eigenvalue weighted by Gasteiger charge is 2.03. The van der Waals surface area contributed by atoms with Crippen LogP contribution in [0.15, 0.2) is 30.6 Å². The number of rotatable bonds is 4. The molecule has 0 bridgehead atoms. The molecule has 0 atom stereocenters. The molecule has 0 spiro atoms. The monoisotopic (exact) mass is 243 g/mol. The van der Waals surface area contributed by atoms with E-state index in [9.17, 15) is 0 Å². The zero-order valence-electron chi connectivity index (χ0n) is 10.9. The first kappa shape index (κ1) is 12.3. The molecule has 0 saturated carbocycles. The third-order valence-corrected chi connectivity index (χ3v) is 2.49. The SMILES string of the molecule is CCNc1nccc(-c2ccc(N(C)C)nc2)n1. The average Bonchev–Trinajstić information content (AvgIpc) is 2.39. The van der Waals surface area contributed by atoms with Crippen LogP contribution in [-0.2, 0) is 0 Å². The van der Waals surface area contributed by atoms with Gasteiger partial charge in [0.15, 0.2) is 0 Å². The predicted molar refractivity (Wildman–Crippen MR) is 73.8 cm³/mol. The van der Waals surface area contributed by atoms with Crippen molar-refractivity contribution < 1.29 is 0 Å². The molecule has 2 heterocycles. The van der Waals surface area contributed by atoms with Gasteiger partial charge in [-0.1, -0.05) is 0 Å².